The Balaban J connectivity index is 1.79. The summed E-state index contributed by atoms with van der Waals surface area (Å²) in [5, 5.41) is 11.8. The molecule has 0 aliphatic heterocycles. The molecule has 10 heteroatoms. The van der Waals surface area contributed by atoms with Crippen molar-refractivity contribution in [1.29, 1.82) is 0 Å². The van der Waals surface area contributed by atoms with Crippen molar-refractivity contribution in [2.75, 3.05) is 0 Å². The van der Waals surface area contributed by atoms with Crippen LogP contribution in [0.15, 0.2) is 39.5 Å². The summed E-state index contributed by atoms with van der Waals surface area (Å²) in [5.41, 5.74) is 0.635. The van der Waals surface area contributed by atoms with Gasteiger partial charge in [-0.25, -0.2) is 13.6 Å². The number of hydrogen-bond acceptors (Lipinski definition) is 6. The Morgan fingerprint density at radius 2 is 2.04 bits per heavy atom. The van der Waals surface area contributed by atoms with Crippen molar-refractivity contribution in [3.63, 3.8) is 0 Å². The molecule has 132 valence electrons. The van der Waals surface area contributed by atoms with Gasteiger partial charge in [-0.1, -0.05) is 11.6 Å². The third kappa shape index (κ3) is 2.76. The van der Waals surface area contributed by atoms with Crippen LogP contribution in [-0.2, 0) is 0 Å². The topological polar surface area (TPSA) is 82.5 Å². The van der Waals surface area contributed by atoms with Gasteiger partial charge < -0.3 is 9.15 Å². The summed E-state index contributed by atoms with van der Waals surface area (Å²) in [7, 11) is 0. The molecule has 3 aromatic heterocycles. The third-order valence-electron chi connectivity index (χ3n) is 3.68. The Kier molecular flexibility index (Phi) is 3.80. The maximum atomic E-state index is 12.9. The first kappa shape index (κ1) is 16.4. The van der Waals surface area contributed by atoms with E-state index in [1.807, 2.05) is 0 Å². The van der Waals surface area contributed by atoms with Gasteiger partial charge in [0.2, 0.25) is 11.7 Å². The molecule has 0 bridgehead atoms. The van der Waals surface area contributed by atoms with Gasteiger partial charge in [0.1, 0.15) is 5.58 Å². The third-order valence-corrected chi connectivity index (χ3v) is 3.97. The van der Waals surface area contributed by atoms with Gasteiger partial charge in [0.25, 0.3) is 6.43 Å². The maximum absolute atomic E-state index is 12.9. The number of aromatic nitrogens is 4. The van der Waals surface area contributed by atoms with Crippen molar-refractivity contribution >= 4 is 28.2 Å². The van der Waals surface area contributed by atoms with Crippen molar-refractivity contribution in [3.05, 3.63) is 57.2 Å². The van der Waals surface area contributed by atoms with E-state index in [-0.39, 0.29) is 27.9 Å². The molecule has 1 aromatic carbocycles. The first-order valence-corrected chi connectivity index (χ1v) is 7.72. The second-order valence-corrected chi connectivity index (χ2v) is 5.84. The highest BCUT2D eigenvalue weighted by molar-refractivity contribution is 6.32. The summed E-state index contributed by atoms with van der Waals surface area (Å²) >= 11 is 6.22. The lowest BCUT2D eigenvalue weighted by Gasteiger charge is -2.09. The van der Waals surface area contributed by atoms with E-state index in [9.17, 15) is 13.6 Å². The van der Waals surface area contributed by atoms with Crippen molar-refractivity contribution in [3.8, 4) is 11.6 Å². The average Bonchev–Trinajstić information content (AvgIpc) is 3.00. The van der Waals surface area contributed by atoms with Crippen LogP contribution < -0.4 is 10.4 Å². The number of fused-ring (bicyclic) bond motifs is 2. The number of benzene rings is 1. The zero-order valence-corrected chi connectivity index (χ0v) is 13.9. The Labute approximate surface area is 148 Å². The monoisotopic (exact) mass is 378 g/mol. The second-order valence-electron chi connectivity index (χ2n) is 5.43. The molecule has 0 radical (unpaired) electrons. The predicted molar refractivity (Wildman–Crippen MR) is 88.0 cm³/mol. The fraction of sp³-hybridized carbons (Fsp3) is 0.125. The average molecular weight is 379 g/mol. The molecule has 0 atom stereocenters. The number of nitrogens with zero attached hydrogens (tertiary/aromatic N) is 4. The van der Waals surface area contributed by atoms with Crippen LogP contribution in [0.4, 0.5) is 8.78 Å². The first-order chi connectivity index (χ1) is 12.4. The number of rotatable bonds is 3. The van der Waals surface area contributed by atoms with Crippen LogP contribution in [0.5, 0.6) is 11.6 Å². The zero-order valence-electron chi connectivity index (χ0n) is 13.1. The molecule has 0 N–H and O–H groups in total. The minimum atomic E-state index is -2.84. The minimum absolute atomic E-state index is 0.00421. The molecule has 26 heavy (non-hydrogen) atoms. The zero-order chi connectivity index (χ0) is 18.4. The van der Waals surface area contributed by atoms with Gasteiger partial charge in [-0.3, -0.25) is 0 Å². The van der Waals surface area contributed by atoms with Crippen molar-refractivity contribution in [2.45, 2.75) is 13.3 Å². The van der Waals surface area contributed by atoms with Crippen molar-refractivity contribution in [1.82, 2.24) is 19.8 Å². The molecule has 0 spiro atoms. The van der Waals surface area contributed by atoms with Crippen molar-refractivity contribution in [2.24, 2.45) is 0 Å². The minimum Gasteiger partial charge on any atom is -0.436 e. The van der Waals surface area contributed by atoms with E-state index in [2.05, 4.69) is 15.3 Å². The van der Waals surface area contributed by atoms with Crippen LogP contribution in [0.1, 0.15) is 17.8 Å². The summed E-state index contributed by atoms with van der Waals surface area (Å²) in [5.74, 6) is -0.446. The number of hydrogen-bond donors (Lipinski definition) is 0. The van der Waals surface area contributed by atoms with Gasteiger partial charge in [-0.15, -0.1) is 15.3 Å². The van der Waals surface area contributed by atoms with E-state index < -0.39 is 17.9 Å². The molecule has 0 fully saturated rings. The van der Waals surface area contributed by atoms with Gasteiger partial charge in [-0.2, -0.15) is 4.52 Å². The van der Waals surface area contributed by atoms with E-state index in [1.165, 1.54) is 24.3 Å². The summed E-state index contributed by atoms with van der Waals surface area (Å²) < 4.78 is 37.5. The quantitative estimate of drug-likeness (QED) is 0.502. The normalized spacial score (nSPS) is 11.6. The van der Waals surface area contributed by atoms with Crippen LogP contribution in [0, 0.1) is 6.92 Å². The highest BCUT2D eigenvalue weighted by Crippen LogP contribution is 2.33. The van der Waals surface area contributed by atoms with Crippen LogP contribution in [0.3, 0.4) is 0 Å². The van der Waals surface area contributed by atoms with E-state index in [0.717, 1.165) is 4.52 Å². The lowest BCUT2D eigenvalue weighted by molar-refractivity contribution is 0.137. The molecule has 0 saturated heterocycles. The summed E-state index contributed by atoms with van der Waals surface area (Å²) in [6, 6.07) is 7.25. The molecule has 4 rings (SSSR count). The fourth-order valence-electron chi connectivity index (χ4n) is 2.49. The molecular weight excluding hydrogens is 370 g/mol. The van der Waals surface area contributed by atoms with Gasteiger partial charge >= 0.3 is 5.63 Å². The molecule has 0 amide bonds. The molecule has 4 aromatic rings. The van der Waals surface area contributed by atoms with Gasteiger partial charge in [0, 0.05) is 23.6 Å². The van der Waals surface area contributed by atoms with Gasteiger partial charge in [-0.05, 0) is 24.6 Å². The first-order valence-electron chi connectivity index (χ1n) is 7.35. The van der Waals surface area contributed by atoms with E-state index in [0.29, 0.717) is 10.9 Å². The van der Waals surface area contributed by atoms with E-state index in [1.54, 1.807) is 13.0 Å². The van der Waals surface area contributed by atoms with E-state index in [4.69, 9.17) is 20.8 Å². The highest BCUT2D eigenvalue weighted by atomic mass is 35.5. The molecule has 0 unspecified atom stereocenters. The van der Waals surface area contributed by atoms with Crippen LogP contribution in [0.2, 0.25) is 5.02 Å². The maximum Gasteiger partial charge on any atom is 0.336 e. The Morgan fingerprint density at radius 3 is 2.81 bits per heavy atom. The lowest BCUT2D eigenvalue weighted by Crippen LogP contribution is -2.01. The van der Waals surface area contributed by atoms with Gasteiger partial charge in [0.15, 0.2) is 11.4 Å². The Bertz CT molecular complexity index is 1210. The van der Waals surface area contributed by atoms with Crippen LogP contribution >= 0.6 is 11.6 Å². The molecule has 0 aliphatic rings. The van der Waals surface area contributed by atoms with E-state index >= 15 is 0 Å². The molecule has 3 heterocycles. The largest absolute Gasteiger partial charge is 0.436 e. The number of alkyl halides is 2. The number of ether oxygens (including phenoxy) is 1. The standard InChI is InChI=1S/C16H9ClF2N4O3/c1-7-4-14(24)26-10-6-11(9(17)5-8(7)10)25-13-3-2-12-20-21-16(15(18)19)23(12)22-13/h2-6,15H,1H3. The summed E-state index contributed by atoms with van der Waals surface area (Å²) in [6.07, 6.45) is -2.84. The fourth-order valence-corrected chi connectivity index (χ4v) is 2.69. The lowest BCUT2D eigenvalue weighted by atomic mass is 10.1. The molecule has 7 nitrogen and oxygen atoms in total. The Morgan fingerprint density at radius 1 is 1.23 bits per heavy atom. The number of aryl methyl sites for hydroxylation is 1. The summed E-state index contributed by atoms with van der Waals surface area (Å²) in [6.45, 7) is 1.75. The smallest absolute Gasteiger partial charge is 0.336 e. The van der Waals surface area contributed by atoms with Crippen LogP contribution in [-0.4, -0.2) is 19.8 Å². The SMILES string of the molecule is Cc1cc(=O)oc2cc(Oc3ccc4nnc(C(F)F)n4n3)c(Cl)cc12. The molecular formula is C16H9ClF2N4O3. The second kappa shape index (κ2) is 6.03. The summed E-state index contributed by atoms with van der Waals surface area (Å²) in [4.78, 5) is 11.5. The van der Waals surface area contributed by atoms with Crippen molar-refractivity contribution < 1.29 is 17.9 Å². The molecule has 0 saturated carbocycles. The van der Waals surface area contributed by atoms with Crippen LogP contribution in [0.25, 0.3) is 16.6 Å². The highest BCUT2D eigenvalue weighted by Gasteiger charge is 2.18. The van der Waals surface area contributed by atoms with Gasteiger partial charge in [0.05, 0.1) is 5.02 Å². The predicted octanol–water partition coefficient (Wildman–Crippen LogP) is 3.92. The molecule has 0 aliphatic carbocycles. The number of halogens is 3. The Hall–Kier alpha value is -3.07.